The first-order valence-corrected chi connectivity index (χ1v) is 8.34. The molecule has 2 aromatic rings. The van der Waals surface area contributed by atoms with Gasteiger partial charge in [0.05, 0.1) is 24.4 Å². The van der Waals surface area contributed by atoms with Crippen molar-refractivity contribution >= 4 is 17.2 Å². The topological polar surface area (TPSA) is 88.1 Å². The Morgan fingerprint density at radius 1 is 1.31 bits per heavy atom. The predicted molar refractivity (Wildman–Crippen MR) is 102 cm³/mol. The minimum absolute atomic E-state index is 0.130. The SMILES string of the molecule is COc1cc2c(cc1N)/C(=C/C(=O)c1ccc(C#N)cc1)NC(C)(C)C2. The van der Waals surface area contributed by atoms with Gasteiger partial charge in [0.2, 0.25) is 0 Å². The third-order valence-corrected chi connectivity index (χ3v) is 4.43. The number of nitriles is 1. The molecular formula is C21H21N3O2. The first-order valence-electron chi connectivity index (χ1n) is 8.34. The van der Waals surface area contributed by atoms with Crippen molar-refractivity contribution in [2.45, 2.75) is 25.8 Å². The Hall–Kier alpha value is -3.26. The van der Waals surface area contributed by atoms with E-state index in [1.165, 1.54) is 0 Å². The molecule has 132 valence electrons. The average molecular weight is 347 g/mol. The lowest BCUT2D eigenvalue weighted by molar-refractivity contribution is 0.104. The van der Waals surface area contributed by atoms with Crippen LogP contribution in [0.3, 0.4) is 0 Å². The molecule has 0 saturated heterocycles. The van der Waals surface area contributed by atoms with Crippen molar-refractivity contribution in [1.29, 1.82) is 5.26 Å². The maximum Gasteiger partial charge on any atom is 0.187 e. The Balaban J connectivity index is 2.04. The zero-order chi connectivity index (χ0) is 18.9. The molecule has 3 rings (SSSR count). The zero-order valence-electron chi connectivity index (χ0n) is 15.1. The minimum Gasteiger partial charge on any atom is -0.495 e. The van der Waals surface area contributed by atoms with Crippen LogP contribution in [0, 0.1) is 11.3 Å². The fourth-order valence-electron chi connectivity index (χ4n) is 3.20. The van der Waals surface area contributed by atoms with Gasteiger partial charge >= 0.3 is 0 Å². The standard InChI is InChI=1S/C21H21N3O2/c1-21(2)11-15-8-20(26-3)17(23)9-16(15)18(24-21)10-19(25)14-6-4-13(12-22)5-7-14/h4-10,24H,11,23H2,1-3H3/b18-10-. The van der Waals surface area contributed by atoms with Gasteiger partial charge in [0, 0.05) is 28.4 Å². The molecule has 1 aliphatic heterocycles. The lowest BCUT2D eigenvalue weighted by atomic mass is 9.85. The van der Waals surface area contributed by atoms with Crippen LogP contribution in [-0.4, -0.2) is 18.4 Å². The molecule has 0 spiro atoms. The maximum absolute atomic E-state index is 12.7. The van der Waals surface area contributed by atoms with E-state index in [1.54, 1.807) is 37.5 Å². The number of nitrogens with zero attached hydrogens (tertiary/aromatic N) is 1. The fourth-order valence-corrected chi connectivity index (χ4v) is 3.20. The van der Waals surface area contributed by atoms with E-state index in [0.29, 0.717) is 22.6 Å². The van der Waals surface area contributed by atoms with Crippen molar-refractivity contribution in [2.24, 2.45) is 0 Å². The van der Waals surface area contributed by atoms with Crippen LogP contribution in [-0.2, 0) is 6.42 Å². The number of fused-ring (bicyclic) bond motifs is 1. The molecule has 5 heteroatoms. The molecule has 0 atom stereocenters. The van der Waals surface area contributed by atoms with Gasteiger partial charge < -0.3 is 15.8 Å². The van der Waals surface area contributed by atoms with E-state index in [1.807, 2.05) is 12.1 Å². The van der Waals surface area contributed by atoms with Gasteiger partial charge in [0.25, 0.3) is 0 Å². The summed E-state index contributed by atoms with van der Waals surface area (Å²) in [6.45, 7) is 4.16. The van der Waals surface area contributed by atoms with Gasteiger partial charge in [-0.3, -0.25) is 4.79 Å². The molecule has 1 aliphatic rings. The molecule has 2 aromatic carbocycles. The van der Waals surface area contributed by atoms with Gasteiger partial charge in [-0.2, -0.15) is 5.26 Å². The highest BCUT2D eigenvalue weighted by molar-refractivity contribution is 6.08. The molecule has 0 bridgehead atoms. The van der Waals surface area contributed by atoms with Gasteiger partial charge in [0.1, 0.15) is 5.75 Å². The van der Waals surface area contributed by atoms with E-state index in [2.05, 4.69) is 25.2 Å². The number of hydrogen-bond donors (Lipinski definition) is 2. The van der Waals surface area contributed by atoms with Crippen molar-refractivity contribution in [3.63, 3.8) is 0 Å². The van der Waals surface area contributed by atoms with Gasteiger partial charge in [-0.05, 0) is 62.2 Å². The molecular weight excluding hydrogens is 326 g/mol. The minimum atomic E-state index is -0.203. The summed E-state index contributed by atoms with van der Waals surface area (Å²) in [5.74, 6) is 0.509. The molecule has 0 unspecified atom stereocenters. The lowest BCUT2D eigenvalue weighted by Crippen LogP contribution is -2.43. The number of nitrogens with one attached hydrogen (secondary N) is 1. The second-order valence-corrected chi connectivity index (χ2v) is 7.05. The summed E-state index contributed by atoms with van der Waals surface area (Å²) in [6.07, 6.45) is 2.38. The Labute approximate surface area is 153 Å². The van der Waals surface area contributed by atoms with Crippen molar-refractivity contribution in [2.75, 3.05) is 12.8 Å². The number of carbonyl (C=O) groups excluding carboxylic acids is 1. The summed E-state index contributed by atoms with van der Waals surface area (Å²) >= 11 is 0. The molecule has 1 heterocycles. The number of hydrogen-bond acceptors (Lipinski definition) is 5. The van der Waals surface area contributed by atoms with Crippen molar-refractivity contribution in [3.8, 4) is 11.8 Å². The normalized spacial score (nSPS) is 16.3. The monoisotopic (exact) mass is 347 g/mol. The van der Waals surface area contributed by atoms with E-state index in [9.17, 15) is 4.79 Å². The first-order chi connectivity index (χ1) is 12.3. The number of benzene rings is 2. The van der Waals surface area contributed by atoms with Crippen LogP contribution in [0.25, 0.3) is 5.70 Å². The number of rotatable bonds is 3. The number of carbonyl (C=O) groups is 1. The number of allylic oxidation sites excluding steroid dienone is 1. The number of ketones is 1. The fraction of sp³-hybridized carbons (Fsp3) is 0.238. The largest absolute Gasteiger partial charge is 0.495 e. The van der Waals surface area contributed by atoms with Crippen LogP contribution < -0.4 is 15.8 Å². The number of ether oxygens (including phenoxy) is 1. The maximum atomic E-state index is 12.7. The predicted octanol–water partition coefficient (Wildman–Crippen LogP) is 3.30. The molecule has 0 aromatic heterocycles. The smallest absolute Gasteiger partial charge is 0.187 e. The Morgan fingerprint density at radius 3 is 2.62 bits per heavy atom. The second-order valence-electron chi connectivity index (χ2n) is 7.05. The Kier molecular flexibility index (Phi) is 4.43. The highest BCUT2D eigenvalue weighted by atomic mass is 16.5. The Bertz CT molecular complexity index is 935. The van der Waals surface area contributed by atoms with Gasteiger partial charge in [0.15, 0.2) is 5.78 Å². The summed E-state index contributed by atoms with van der Waals surface area (Å²) in [4.78, 5) is 12.7. The first kappa shape index (κ1) is 17.6. The summed E-state index contributed by atoms with van der Waals surface area (Å²) in [5, 5.41) is 12.3. The third-order valence-electron chi connectivity index (χ3n) is 4.43. The van der Waals surface area contributed by atoms with Crippen LogP contribution in [0.5, 0.6) is 5.75 Å². The van der Waals surface area contributed by atoms with E-state index in [4.69, 9.17) is 15.7 Å². The van der Waals surface area contributed by atoms with E-state index >= 15 is 0 Å². The molecule has 0 aliphatic carbocycles. The molecule has 5 nitrogen and oxygen atoms in total. The van der Waals surface area contributed by atoms with E-state index < -0.39 is 0 Å². The van der Waals surface area contributed by atoms with Crippen molar-refractivity contribution < 1.29 is 9.53 Å². The van der Waals surface area contributed by atoms with E-state index in [-0.39, 0.29) is 11.3 Å². The van der Waals surface area contributed by atoms with Crippen molar-refractivity contribution in [3.05, 3.63) is 64.7 Å². The summed E-state index contributed by atoms with van der Waals surface area (Å²) < 4.78 is 5.33. The molecule has 0 radical (unpaired) electrons. The molecule has 3 N–H and O–H groups in total. The quantitative estimate of drug-likeness (QED) is 0.505. The molecule has 0 amide bonds. The molecule has 26 heavy (non-hydrogen) atoms. The number of anilines is 1. The second kappa shape index (κ2) is 6.57. The number of nitrogen functional groups attached to an aromatic ring is 1. The number of methoxy groups -OCH3 is 1. The Morgan fingerprint density at radius 2 is 2.00 bits per heavy atom. The van der Waals surface area contributed by atoms with Crippen LogP contribution in [0.2, 0.25) is 0 Å². The number of nitrogens with two attached hydrogens (primary N) is 1. The summed E-state index contributed by atoms with van der Waals surface area (Å²) in [5.41, 5.74) is 10.2. The van der Waals surface area contributed by atoms with Gasteiger partial charge in [-0.25, -0.2) is 0 Å². The zero-order valence-corrected chi connectivity index (χ0v) is 15.1. The third kappa shape index (κ3) is 3.40. The highest BCUT2D eigenvalue weighted by Gasteiger charge is 2.29. The highest BCUT2D eigenvalue weighted by Crippen LogP contribution is 2.35. The summed E-state index contributed by atoms with van der Waals surface area (Å²) in [7, 11) is 1.59. The van der Waals surface area contributed by atoms with Crippen LogP contribution >= 0.6 is 0 Å². The lowest BCUT2D eigenvalue weighted by Gasteiger charge is -2.36. The van der Waals surface area contributed by atoms with Crippen LogP contribution in [0.1, 0.15) is 40.9 Å². The molecule has 0 saturated carbocycles. The summed E-state index contributed by atoms with van der Waals surface area (Å²) in [6, 6.07) is 12.4. The van der Waals surface area contributed by atoms with Crippen LogP contribution in [0.4, 0.5) is 5.69 Å². The average Bonchev–Trinajstić information content (AvgIpc) is 2.61. The van der Waals surface area contributed by atoms with Gasteiger partial charge in [-0.15, -0.1) is 0 Å². The molecule has 0 fully saturated rings. The van der Waals surface area contributed by atoms with Gasteiger partial charge in [-0.1, -0.05) is 0 Å². The van der Waals surface area contributed by atoms with Crippen LogP contribution in [0.15, 0.2) is 42.5 Å². The van der Waals surface area contributed by atoms with Crippen molar-refractivity contribution in [1.82, 2.24) is 5.32 Å². The van der Waals surface area contributed by atoms with E-state index in [0.717, 1.165) is 23.2 Å².